The molecule has 0 aliphatic carbocycles. The van der Waals surface area contributed by atoms with E-state index < -0.39 is 0 Å². The number of ketones is 1. The van der Waals surface area contributed by atoms with E-state index in [0.717, 1.165) is 11.3 Å². The highest BCUT2D eigenvalue weighted by molar-refractivity contribution is 5.96. The maximum atomic E-state index is 12.2. The molecule has 0 radical (unpaired) electrons. The lowest BCUT2D eigenvalue weighted by molar-refractivity contribution is -0.122. The summed E-state index contributed by atoms with van der Waals surface area (Å²) < 4.78 is 12.0. The van der Waals surface area contributed by atoms with Gasteiger partial charge < -0.3 is 14.6 Å². The molecule has 1 amide bonds. The Balaban J connectivity index is 1.60. The van der Waals surface area contributed by atoms with E-state index in [4.69, 9.17) is 9.26 Å². The monoisotopic (exact) mass is 382 g/mol. The van der Waals surface area contributed by atoms with Crippen LogP contribution in [-0.4, -0.2) is 33.7 Å². The maximum absolute atomic E-state index is 12.2. The molecular weight excluding hydrogens is 360 g/mol. The number of ether oxygens (including phenoxy) is 1. The van der Waals surface area contributed by atoms with Crippen LogP contribution in [0.15, 0.2) is 34.9 Å². The van der Waals surface area contributed by atoms with Crippen molar-refractivity contribution in [1.29, 1.82) is 0 Å². The lowest BCUT2D eigenvalue weighted by Crippen LogP contribution is -2.28. The first-order chi connectivity index (χ1) is 13.4. The predicted octanol–water partition coefficient (Wildman–Crippen LogP) is 2.68. The number of aryl methyl sites for hydroxylation is 1. The Morgan fingerprint density at radius 2 is 1.93 bits per heavy atom. The van der Waals surface area contributed by atoms with Crippen molar-refractivity contribution >= 4 is 11.7 Å². The van der Waals surface area contributed by atoms with Crippen LogP contribution in [0.25, 0.3) is 11.3 Å². The standard InChI is InChI=1S/C20H22N4O4/c1-12-20(14(3)25)13(2)24(22-12)11-19(26)21-10-16-9-18(28-23-16)15-5-7-17(27-4)8-6-15/h5-9H,10-11H2,1-4H3,(H,21,26). The molecule has 0 spiro atoms. The van der Waals surface area contributed by atoms with Crippen molar-refractivity contribution in [3.8, 4) is 17.1 Å². The quantitative estimate of drug-likeness (QED) is 0.631. The Labute approximate surface area is 162 Å². The van der Waals surface area contributed by atoms with Crippen LogP contribution in [0.5, 0.6) is 5.75 Å². The average Bonchev–Trinajstić information content (AvgIpc) is 3.24. The van der Waals surface area contributed by atoms with Crippen LogP contribution in [0.3, 0.4) is 0 Å². The third-order valence-electron chi connectivity index (χ3n) is 4.43. The van der Waals surface area contributed by atoms with E-state index in [1.54, 1.807) is 27.0 Å². The van der Waals surface area contributed by atoms with Gasteiger partial charge in [0.15, 0.2) is 11.5 Å². The van der Waals surface area contributed by atoms with Crippen LogP contribution in [0, 0.1) is 13.8 Å². The Morgan fingerprint density at radius 3 is 2.54 bits per heavy atom. The summed E-state index contributed by atoms with van der Waals surface area (Å²) in [6.07, 6.45) is 0. The van der Waals surface area contributed by atoms with Crippen molar-refractivity contribution in [2.75, 3.05) is 7.11 Å². The van der Waals surface area contributed by atoms with Crippen LogP contribution in [0.2, 0.25) is 0 Å². The van der Waals surface area contributed by atoms with Crippen molar-refractivity contribution in [3.05, 3.63) is 53.0 Å². The summed E-state index contributed by atoms with van der Waals surface area (Å²) >= 11 is 0. The zero-order valence-corrected chi connectivity index (χ0v) is 16.3. The number of rotatable bonds is 7. The molecule has 0 unspecified atom stereocenters. The van der Waals surface area contributed by atoms with Crippen LogP contribution in [-0.2, 0) is 17.9 Å². The van der Waals surface area contributed by atoms with E-state index in [9.17, 15) is 9.59 Å². The number of amides is 1. The topological polar surface area (TPSA) is 99.2 Å². The number of hydrogen-bond acceptors (Lipinski definition) is 6. The Hall–Kier alpha value is -3.42. The molecule has 0 fully saturated rings. The van der Waals surface area contributed by atoms with Crippen LogP contribution >= 0.6 is 0 Å². The minimum absolute atomic E-state index is 0.0309. The van der Waals surface area contributed by atoms with Crippen molar-refractivity contribution in [2.24, 2.45) is 0 Å². The van der Waals surface area contributed by atoms with Gasteiger partial charge in [-0.2, -0.15) is 5.10 Å². The van der Waals surface area contributed by atoms with Crippen LogP contribution < -0.4 is 10.1 Å². The van der Waals surface area contributed by atoms with E-state index in [0.29, 0.717) is 28.4 Å². The first-order valence-electron chi connectivity index (χ1n) is 8.80. The predicted molar refractivity (Wildman–Crippen MR) is 102 cm³/mol. The number of hydrogen-bond donors (Lipinski definition) is 1. The third-order valence-corrected chi connectivity index (χ3v) is 4.43. The highest BCUT2D eigenvalue weighted by Gasteiger charge is 2.17. The number of benzene rings is 1. The maximum Gasteiger partial charge on any atom is 0.242 e. The van der Waals surface area contributed by atoms with Gasteiger partial charge in [0.1, 0.15) is 18.0 Å². The lowest BCUT2D eigenvalue weighted by atomic mass is 10.1. The van der Waals surface area contributed by atoms with Gasteiger partial charge in [0.2, 0.25) is 5.91 Å². The fraction of sp³-hybridized carbons (Fsp3) is 0.300. The van der Waals surface area contributed by atoms with Gasteiger partial charge in [-0.25, -0.2) is 0 Å². The van der Waals surface area contributed by atoms with Gasteiger partial charge in [-0.3, -0.25) is 14.3 Å². The fourth-order valence-electron chi connectivity index (χ4n) is 3.03. The minimum atomic E-state index is -0.227. The number of carbonyl (C=O) groups is 2. The van der Waals surface area contributed by atoms with Crippen LogP contribution in [0.1, 0.15) is 34.4 Å². The third kappa shape index (κ3) is 4.11. The zero-order chi connectivity index (χ0) is 20.3. The second kappa shape index (κ2) is 8.08. The highest BCUT2D eigenvalue weighted by Crippen LogP contribution is 2.23. The second-order valence-corrected chi connectivity index (χ2v) is 6.45. The van der Waals surface area contributed by atoms with E-state index in [-0.39, 0.29) is 24.8 Å². The van der Waals surface area contributed by atoms with E-state index >= 15 is 0 Å². The summed E-state index contributed by atoms with van der Waals surface area (Å²) in [6.45, 7) is 5.30. The highest BCUT2D eigenvalue weighted by atomic mass is 16.5. The second-order valence-electron chi connectivity index (χ2n) is 6.45. The fourth-order valence-corrected chi connectivity index (χ4v) is 3.03. The zero-order valence-electron chi connectivity index (χ0n) is 16.3. The van der Waals surface area contributed by atoms with Crippen molar-refractivity contribution in [2.45, 2.75) is 33.9 Å². The van der Waals surface area contributed by atoms with Crippen molar-refractivity contribution < 1.29 is 18.8 Å². The largest absolute Gasteiger partial charge is 0.497 e. The number of nitrogens with zero attached hydrogens (tertiary/aromatic N) is 3. The Morgan fingerprint density at radius 1 is 1.21 bits per heavy atom. The molecule has 146 valence electrons. The lowest BCUT2D eigenvalue weighted by Gasteiger charge is -2.05. The van der Waals surface area contributed by atoms with Gasteiger partial charge in [0.05, 0.1) is 24.9 Å². The summed E-state index contributed by atoms with van der Waals surface area (Å²) in [5.41, 5.74) is 3.34. The molecule has 0 saturated heterocycles. The number of Topliss-reactive ketones (excluding diaryl/α,β-unsaturated/α-hetero) is 1. The molecule has 0 aliphatic heterocycles. The molecule has 0 bridgehead atoms. The van der Waals surface area contributed by atoms with E-state index in [1.165, 1.54) is 11.6 Å². The van der Waals surface area contributed by atoms with Crippen molar-refractivity contribution in [3.63, 3.8) is 0 Å². The number of carbonyl (C=O) groups excluding carboxylic acids is 2. The molecule has 3 rings (SSSR count). The first kappa shape index (κ1) is 19.3. The van der Waals surface area contributed by atoms with E-state index in [2.05, 4.69) is 15.6 Å². The molecule has 1 aromatic carbocycles. The molecule has 8 heteroatoms. The van der Waals surface area contributed by atoms with Gasteiger partial charge >= 0.3 is 0 Å². The molecule has 0 atom stereocenters. The van der Waals surface area contributed by atoms with Gasteiger partial charge in [0, 0.05) is 17.3 Å². The molecular formula is C20H22N4O4. The summed E-state index contributed by atoms with van der Waals surface area (Å²) in [5, 5.41) is 11.0. The summed E-state index contributed by atoms with van der Waals surface area (Å²) in [5.74, 6) is 1.08. The van der Waals surface area contributed by atoms with Gasteiger partial charge in [-0.15, -0.1) is 0 Å². The first-order valence-corrected chi connectivity index (χ1v) is 8.80. The number of nitrogens with one attached hydrogen (secondary N) is 1. The molecule has 28 heavy (non-hydrogen) atoms. The smallest absolute Gasteiger partial charge is 0.242 e. The molecule has 2 heterocycles. The molecule has 3 aromatic rings. The molecule has 2 aromatic heterocycles. The molecule has 0 saturated carbocycles. The van der Waals surface area contributed by atoms with Crippen LogP contribution in [0.4, 0.5) is 0 Å². The number of methoxy groups -OCH3 is 1. The molecule has 1 N–H and O–H groups in total. The number of aromatic nitrogens is 3. The van der Waals surface area contributed by atoms with E-state index in [1.807, 2.05) is 24.3 Å². The van der Waals surface area contributed by atoms with Gasteiger partial charge in [0.25, 0.3) is 0 Å². The molecule has 0 aliphatic rings. The summed E-state index contributed by atoms with van der Waals surface area (Å²) in [4.78, 5) is 23.9. The Bertz CT molecular complexity index is 1000. The average molecular weight is 382 g/mol. The van der Waals surface area contributed by atoms with Gasteiger partial charge in [-0.05, 0) is 45.0 Å². The summed E-state index contributed by atoms with van der Waals surface area (Å²) in [7, 11) is 1.61. The van der Waals surface area contributed by atoms with Crippen molar-refractivity contribution in [1.82, 2.24) is 20.3 Å². The summed E-state index contributed by atoms with van der Waals surface area (Å²) in [6, 6.07) is 9.19. The van der Waals surface area contributed by atoms with Gasteiger partial charge in [-0.1, -0.05) is 5.16 Å². The molecule has 8 nitrogen and oxygen atoms in total. The normalized spacial score (nSPS) is 10.7. The minimum Gasteiger partial charge on any atom is -0.497 e. The Kier molecular flexibility index (Phi) is 5.58. The SMILES string of the molecule is COc1ccc(-c2cc(CNC(=O)Cn3nc(C)c(C(C)=O)c3C)no2)cc1.